The third-order valence-corrected chi connectivity index (χ3v) is 0.563. The summed E-state index contributed by atoms with van der Waals surface area (Å²) >= 11 is 0. The van der Waals surface area contributed by atoms with E-state index in [0.717, 1.165) is 0 Å². The minimum atomic E-state index is -2.99. The molecule has 4 N–H and O–H groups in total. The molecule has 0 radical (unpaired) electrons. The van der Waals surface area contributed by atoms with Crippen LogP contribution in [0.5, 0.6) is 0 Å². The molecule has 0 aromatic rings. The van der Waals surface area contributed by atoms with Crippen LogP contribution in [0.25, 0.3) is 0 Å². The van der Waals surface area contributed by atoms with Crippen LogP contribution in [0.3, 0.4) is 0 Å². The maximum Gasteiger partial charge on any atom is 0.366 e. The molecule has 0 atom stereocenters. The highest BCUT2D eigenvalue weighted by Crippen LogP contribution is 1.94. The molecule has 8 heavy (non-hydrogen) atoms. The number of rotatable bonds is 2. The van der Waals surface area contributed by atoms with Crippen molar-refractivity contribution < 1.29 is 25.2 Å². The van der Waals surface area contributed by atoms with Crippen LogP contribution in [-0.4, -0.2) is 38.8 Å². The predicted molar refractivity (Wildman–Crippen MR) is 21.9 cm³/mol. The van der Waals surface area contributed by atoms with Gasteiger partial charge < -0.3 is 20.4 Å². The minimum Gasteiger partial charge on any atom is -0.477 e. The lowest BCUT2D eigenvalue weighted by Crippen LogP contribution is -2.41. The zero-order chi connectivity index (χ0) is 6.78. The van der Waals surface area contributed by atoms with Gasteiger partial charge in [0.2, 0.25) is 0 Å². The topological polar surface area (TPSA) is 98.0 Å². The van der Waals surface area contributed by atoms with Gasteiger partial charge in [-0.1, -0.05) is 0 Å². The molecule has 0 bridgehead atoms. The minimum absolute atomic E-state index is 1.21. The monoisotopic (exact) mass is 122 g/mol. The molecule has 5 nitrogen and oxygen atoms in total. The van der Waals surface area contributed by atoms with Crippen molar-refractivity contribution in [2.45, 2.75) is 5.79 Å². The Hall–Kier alpha value is -0.650. The molecule has 0 fully saturated rings. The molecule has 0 unspecified atom stereocenters. The lowest BCUT2D eigenvalue weighted by atomic mass is 10.3. The summed E-state index contributed by atoms with van der Waals surface area (Å²) in [6.45, 7) is -1.21. The average Bonchev–Trinajstić information content (AvgIpc) is 1.67. The van der Waals surface area contributed by atoms with Gasteiger partial charge in [-0.25, -0.2) is 4.79 Å². The van der Waals surface area contributed by atoms with Gasteiger partial charge in [-0.05, 0) is 0 Å². The van der Waals surface area contributed by atoms with Gasteiger partial charge in [-0.15, -0.1) is 0 Å². The van der Waals surface area contributed by atoms with Gasteiger partial charge >= 0.3 is 5.97 Å². The van der Waals surface area contributed by atoms with Crippen LogP contribution in [-0.2, 0) is 4.79 Å². The number of carbonyl (C=O) groups is 1. The molecule has 0 aliphatic rings. The Kier molecular flexibility index (Phi) is 1.91. The van der Waals surface area contributed by atoms with Crippen LogP contribution in [0.4, 0.5) is 0 Å². The standard InChI is InChI=1S/C3H6O5/c4-1-3(7,8)2(5)6/h4,7-8H,1H2,(H,5,6). The van der Waals surface area contributed by atoms with Gasteiger partial charge in [-0.3, -0.25) is 0 Å². The van der Waals surface area contributed by atoms with Gasteiger partial charge in [0.25, 0.3) is 5.79 Å². The molecule has 5 heteroatoms. The highest BCUT2D eigenvalue weighted by molar-refractivity contribution is 5.74. The second kappa shape index (κ2) is 2.08. The Labute approximate surface area is 44.8 Å². The third-order valence-electron chi connectivity index (χ3n) is 0.563. The maximum atomic E-state index is 9.59. The molecular weight excluding hydrogens is 116 g/mol. The van der Waals surface area contributed by atoms with E-state index in [1.807, 2.05) is 0 Å². The van der Waals surface area contributed by atoms with Crippen molar-refractivity contribution in [3.8, 4) is 0 Å². The maximum absolute atomic E-state index is 9.59. The number of hydrogen-bond acceptors (Lipinski definition) is 4. The molecule has 48 valence electrons. The predicted octanol–water partition coefficient (Wildman–Crippen LogP) is -2.26. The highest BCUT2D eigenvalue weighted by Gasteiger charge is 2.31. The van der Waals surface area contributed by atoms with Crippen molar-refractivity contribution in [2.75, 3.05) is 6.61 Å². The van der Waals surface area contributed by atoms with Crippen molar-refractivity contribution in [3.05, 3.63) is 0 Å². The quantitative estimate of drug-likeness (QED) is 0.310. The van der Waals surface area contributed by atoms with Crippen molar-refractivity contribution >= 4 is 5.97 Å². The molecule has 0 aromatic carbocycles. The van der Waals surface area contributed by atoms with Gasteiger partial charge in [0.05, 0.1) is 0 Å². The van der Waals surface area contributed by atoms with Gasteiger partial charge in [0, 0.05) is 0 Å². The van der Waals surface area contributed by atoms with E-state index in [4.69, 9.17) is 20.4 Å². The Balaban J connectivity index is 3.91. The van der Waals surface area contributed by atoms with Crippen LogP contribution >= 0.6 is 0 Å². The first-order chi connectivity index (χ1) is 3.50. The molecule has 0 saturated heterocycles. The molecule has 0 rings (SSSR count). The fourth-order valence-electron chi connectivity index (χ4n) is 0.0676. The van der Waals surface area contributed by atoms with E-state index in [1.165, 1.54) is 0 Å². The SMILES string of the molecule is O=C(O)C(O)(O)CO. The van der Waals surface area contributed by atoms with E-state index in [2.05, 4.69) is 0 Å². The molecule has 0 amide bonds. The smallest absolute Gasteiger partial charge is 0.366 e. The fourth-order valence-corrected chi connectivity index (χ4v) is 0.0676. The zero-order valence-electron chi connectivity index (χ0n) is 3.90. The molecular formula is C3H6O5. The van der Waals surface area contributed by atoms with E-state index in [9.17, 15) is 4.79 Å². The van der Waals surface area contributed by atoms with Gasteiger partial charge in [0.1, 0.15) is 6.61 Å². The Bertz CT molecular complexity index is 95.8. The first kappa shape index (κ1) is 7.35. The number of aliphatic hydroxyl groups is 3. The lowest BCUT2D eigenvalue weighted by Gasteiger charge is -2.10. The molecule has 0 heterocycles. The highest BCUT2D eigenvalue weighted by atomic mass is 16.6. The number of aliphatic hydroxyl groups excluding tert-OH is 1. The van der Waals surface area contributed by atoms with Crippen LogP contribution in [0.15, 0.2) is 0 Å². The summed E-state index contributed by atoms with van der Waals surface area (Å²) in [5.41, 5.74) is 0. The average molecular weight is 122 g/mol. The summed E-state index contributed by atoms with van der Waals surface area (Å²) in [7, 11) is 0. The van der Waals surface area contributed by atoms with Gasteiger partial charge in [0.15, 0.2) is 0 Å². The van der Waals surface area contributed by atoms with Crippen LogP contribution in [0, 0.1) is 0 Å². The molecule has 0 aromatic heterocycles. The summed E-state index contributed by atoms with van der Waals surface area (Å²) in [5.74, 6) is -4.85. The van der Waals surface area contributed by atoms with E-state index in [0.29, 0.717) is 0 Å². The largest absolute Gasteiger partial charge is 0.477 e. The van der Waals surface area contributed by atoms with Crippen LogP contribution in [0.2, 0.25) is 0 Å². The van der Waals surface area contributed by atoms with Crippen molar-refractivity contribution in [1.29, 1.82) is 0 Å². The van der Waals surface area contributed by atoms with Crippen molar-refractivity contribution in [2.24, 2.45) is 0 Å². The summed E-state index contributed by atoms with van der Waals surface area (Å²) in [6.07, 6.45) is 0. The van der Waals surface area contributed by atoms with Crippen molar-refractivity contribution in [1.82, 2.24) is 0 Å². The first-order valence-electron chi connectivity index (χ1n) is 1.79. The molecule has 0 aliphatic heterocycles. The van der Waals surface area contributed by atoms with E-state index in [1.54, 1.807) is 0 Å². The zero-order valence-corrected chi connectivity index (χ0v) is 3.90. The fraction of sp³-hybridized carbons (Fsp3) is 0.667. The number of carboxylic acids is 1. The number of aliphatic carboxylic acids is 1. The lowest BCUT2D eigenvalue weighted by molar-refractivity contribution is -0.214. The van der Waals surface area contributed by atoms with E-state index < -0.39 is 18.4 Å². The Morgan fingerprint density at radius 3 is 1.88 bits per heavy atom. The Morgan fingerprint density at radius 1 is 1.50 bits per heavy atom. The van der Waals surface area contributed by atoms with Gasteiger partial charge in [-0.2, -0.15) is 0 Å². The summed E-state index contributed by atoms with van der Waals surface area (Å²) in [6, 6.07) is 0. The van der Waals surface area contributed by atoms with Crippen molar-refractivity contribution in [3.63, 3.8) is 0 Å². The third kappa shape index (κ3) is 1.45. The Morgan fingerprint density at radius 2 is 1.88 bits per heavy atom. The van der Waals surface area contributed by atoms with Crippen LogP contribution in [0.1, 0.15) is 0 Å². The molecule has 0 saturated carbocycles. The second-order valence-electron chi connectivity index (χ2n) is 1.28. The van der Waals surface area contributed by atoms with E-state index in [-0.39, 0.29) is 0 Å². The first-order valence-corrected chi connectivity index (χ1v) is 1.79. The van der Waals surface area contributed by atoms with E-state index >= 15 is 0 Å². The summed E-state index contributed by atoms with van der Waals surface area (Å²) in [4.78, 5) is 9.59. The summed E-state index contributed by atoms with van der Waals surface area (Å²) in [5, 5.41) is 31.9. The number of hydrogen-bond donors (Lipinski definition) is 4. The number of carboxylic acid groups (broad SMARTS) is 1. The molecule has 0 aliphatic carbocycles. The second-order valence-corrected chi connectivity index (χ2v) is 1.28. The van der Waals surface area contributed by atoms with Crippen LogP contribution < -0.4 is 0 Å². The normalized spacial score (nSPS) is 11.4. The molecule has 0 spiro atoms. The summed E-state index contributed by atoms with van der Waals surface area (Å²) < 4.78 is 0.